The second-order valence-electron chi connectivity index (χ2n) is 5.08. The van der Waals surface area contributed by atoms with Gasteiger partial charge in [0.25, 0.3) is 0 Å². The van der Waals surface area contributed by atoms with Crippen LogP contribution >= 0.6 is 11.3 Å². The van der Waals surface area contributed by atoms with Crippen LogP contribution in [0.4, 0.5) is 0 Å². The highest BCUT2D eigenvalue weighted by atomic mass is 32.1. The molecule has 0 aliphatic heterocycles. The third kappa shape index (κ3) is 5.15. The maximum absolute atomic E-state index is 4.58. The van der Waals surface area contributed by atoms with Crippen LogP contribution in [0.25, 0.3) is 0 Å². The zero-order valence-corrected chi connectivity index (χ0v) is 12.5. The lowest BCUT2D eigenvalue weighted by Crippen LogP contribution is -2.41. The number of hydrogen-bond donors (Lipinski definition) is 1. The third-order valence-corrected chi connectivity index (χ3v) is 3.86. The van der Waals surface area contributed by atoms with E-state index in [1.165, 1.54) is 10.7 Å². The molecule has 0 aromatic carbocycles. The summed E-state index contributed by atoms with van der Waals surface area (Å²) < 4.78 is 0. The third-order valence-electron chi connectivity index (χ3n) is 2.81. The van der Waals surface area contributed by atoms with Gasteiger partial charge < -0.3 is 10.2 Å². The largest absolute Gasteiger partial charge is 0.308 e. The minimum Gasteiger partial charge on any atom is -0.308 e. The Morgan fingerprint density at radius 2 is 2.12 bits per heavy atom. The van der Waals surface area contributed by atoms with Gasteiger partial charge >= 0.3 is 0 Å². The molecule has 0 aliphatic carbocycles. The van der Waals surface area contributed by atoms with Crippen LogP contribution in [0.2, 0.25) is 0 Å². The van der Waals surface area contributed by atoms with Crippen molar-refractivity contribution in [3.63, 3.8) is 0 Å². The maximum Gasteiger partial charge on any atom is 0.0926 e. The fourth-order valence-corrected chi connectivity index (χ4v) is 2.48. The average Bonchev–Trinajstić information content (AvgIpc) is 2.71. The molecule has 1 unspecified atom stereocenters. The molecule has 1 atom stereocenters. The second-order valence-corrected chi connectivity index (χ2v) is 6.02. The smallest absolute Gasteiger partial charge is 0.0926 e. The van der Waals surface area contributed by atoms with Gasteiger partial charge in [-0.3, -0.25) is 0 Å². The molecule has 98 valence electrons. The summed E-state index contributed by atoms with van der Waals surface area (Å²) in [6.07, 6.45) is 1.04. The molecule has 0 bridgehead atoms. The highest BCUT2D eigenvalue weighted by Gasteiger charge is 2.14. The summed E-state index contributed by atoms with van der Waals surface area (Å²) in [5, 5.41) is 7.00. The lowest BCUT2D eigenvalue weighted by atomic mass is 10.0. The van der Waals surface area contributed by atoms with Crippen LogP contribution in [0.1, 0.15) is 31.5 Å². The van der Waals surface area contributed by atoms with E-state index in [1.807, 2.05) is 0 Å². The van der Waals surface area contributed by atoms with Gasteiger partial charge in [-0.1, -0.05) is 20.8 Å². The molecule has 0 aliphatic rings. The van der Waals surface area contributed by atoms with E-state index >= 15 is 0 Å². The van der Waals surface area contributed by atoms with Gasteiger partial charge in [-0.15, -0.1) is 11.3 Å². The molecule has 0 saturated carbocycles. The molecule has 0 spiro atoms. The predicted molar refractivity (Wildman–Crippen MR) is 75.5 cm³/mol. The van der Waals surface area contributed by atoms with Gasteiger partial charge in [0.15, 0.2) is 0 Å². The van der Waals surface area contributed by atoms with Gasteiger partial charge in [0, 0.05) is 24.5 Å². The van der Waals surface area contributed by atoms with Gasteiger partial charge in [-0.25, -0.2) is 4.98 Å². The molecule has 0 radical (unpaired) electrons. The summed E-state index contributed by atoms with van der Waals surface area (Å²) >= 11 is 1.76. The highest BCUT2D eigenvalue weighted by Crippen LogP contribution is 2.11. The minimum atomic E-state index is 0.525. The molecule has 1 heterocycles. The summed E-state index contributed by atoms with van der Waals surface area (Å²) in [7, 11) is 4.24. The molecule has 0 saturated heterocycles. The predicted octanol–water partition coefficient (Wildman–Crippen LogP) is 2.38. The number of likely N-dealkylation sites (N-methyl/N-ethyl adjacent to an activating group) is 1. The lowest BCUT2D eigenvalue weighted by molar-refractivity contribution is 0.287. The Bertz CT molecular complexity index is 320. The Hall–Kier alpha value is -0.450. The van der Waals surface area contributed by atoms with Gasteiger partial charge in [0.1, 0.15) is 0 Å². The average molecular weight is 255 g/mol. The molecule has 0 fully saturated rings. The van der Waals surface area contributed by atoms with Crippen molar-refractivity contribution in [1.29, 1.82) is 0 Å². The van der Waals surface area contributed by atoms with Gasteiger partial charge in [-0.2, -0.15) is 0 Å². The van der Waals surface area contributed by atoms with Crippen molar-refractivity contribution >= 4 is 11.3 Å². The van der Waals surface area contributed by atoms with Crippen LogP contribution in [0.3, 0.4) is 0 Å². The Morgan fingerprint density at radius 3 is 2.59 bits per heavy atom. The molecule has 1 aromatic rings. The first-order chi connectivity index (χ1) is 8.02. The first kappa shape index (κ1) is 14.6. The first-order valence-electron chi connectivity index (χ1n) is 6.34. The van der Waals surface area contributed by atoms with Crippen LogP contribution in [0.15, 0.2) is 5.38 Å². The molecule has 1 rings (SSSR count). The molecule has 1 aromatic heterocycles. The van der Waals surface area contributed by atoms with E-state index in [9.17, 15) is 0 Å². The van der Waals surface area contributed by atoms with Crippen LogP contribution in [0.5, 0.6) is 0 Å². The number of nitrogens with zero attached hydrogens (tertiary/aromatic N) is 2. The Balaban J connectivity index is 2.45. The number of aryl methyl sites for hydroxylation is 1. The molecule has 0 amide bonds. The van der Waals surface area contributed by atoms with Crippen molar-refractivity contribution in [2.24, 2.45) is 5.92 Å². The number of hydrogen-bond acceptors (Lipinski definition) is 4. The molecule has 3 nitrogen and oxygen atoms in total. The standard InChI is InChI=1S/C13H25N3S/c1-6-13-15-11(9-17-13)7-14-12(10(2)3)8-16(4)5/h9-10,12,14H,6-8H2,1-5H3. The zero-order valence-electron chi connectivity index (χ0n) is 11.7. The van der Waals surface area contributed by atoms with E-state index in [0.717, 1.165) is 19.5 Å². The summed E-state index contributed by atoms with van der Waals surface area (Å²) in [6.45, 7) is 8.63. The van der Waals surface area contributed by atoms with E-state index in [4.69, 9.17) is 0 Å². The Labute approximate surface area is 109 Å². The molecule has 17 heavy (non-hydrogen) atoms. The van der Waals surface area contributed by atoms with Gasteiger partial charge in [-0.05, 0) is 26.4 Å². The Morgan fingerprint density at radius 1 is 1.41 bits per heavy atom. The van der Waals surface area contributed by atoms with Gasteiger partial charge in [0.2, 0.25) is 0 Å². The SMILES string of the molecule is CCc1nc(CNC(CN(C)C)C(C)C)cs1. The molecular formula is C13H25N3S. The second kappa shape index (κ2) is 7.09. The van der Waals surface area contributed by atoms with Crippen molar-refractivity contribution < 1.29 is 0 Å². The minimum absolute atomic E-state index is 0.525. The summed E-state index contributed by atoms with van der Waals surface area (Å²) in [6, 6.07) is 0.525. The van der Waals surface area contributed by atoms with E-state index in [2.05, 4.69) is 55.4 Å². The number of nitrogens with one attached hydrogen (secondary N) is 1. The normalized spacial score (nSPS) is 13.6. The fourth-order valence-electron chi connectivity index (χ4n) is 1.73. The highest BCUT2D eigenvalue weighted by molar-refractivity contribution is 7.09. The van der Waals surface area contributed by atoms with Crippen molar-refractivity contribution in [3.8, 4) is 0 Å². The van der Waals surface area contributed by atoms with Crippen LogP contribution < -0.4 is 5.32 Å². The summed E-state index contributed by atoms with van der Waals surface area (Å²) in [4.78, 5) is 6.81. The van der Waals surface area contributed by atoms with Crippen molar-refractivity contribution in [2.45, 2.75) is 39.8 Å². The maximum atomic E-state index is 4.58. The zero-order chi connectivity index (χ0) is 12.8. The lowest BCUT2D eigenvalue weighted by Gasteiger charge is -2.25. The fraction of sp³-hybridized carbons (Fsp3) is 0.769. The number of rotatable bonds is 7. The van der Waals surface area contributed by atoms with Crippen molar-refractivity contribution in [3.05, 3.63) is 16.1 Å². The summed E-state index contributed by atoms with van der Waals surface area (Å²) in [5.74, 6) is 0.640. The van der Waals surface area contributed by atoms with Crippen LogP contribution in [-0.4, -0.2) is 36.6 Å². The Kier molecular flexibility index (Phi) is 6.09. The molecule has 4 heteroatoms. The quantitative estimate of drug-likeness (QED) is 0.811. The number of aromatic nitrogens is 1. The van der Waals surface area contributed by atoms with Gasteiger partial charge in [0.05, 0.1) is 10.7 Å². The van der Waals surface area contributed by atoms with E-state index in [0.29, 0.717) is 12.0 Å². The summed E-state index contributed by atoms with van der Waals surface area (Å²) in [5.41, 5.74) is 1.18. The molecular weight excluding hydrogens is 230 g/mol. The van der Waals surface area contributed by atoms with Crippen molar-refractivity contribution in [2.75, 3.05) is 20.6 Å². The number of thiazole rings is 1. The van der Waals surface area contributed by atoms with E-state index in [1.54, 1.807) is 11.3 Å². The van der Waals surface area contributed by atoms with E-state index < -0.39 is 0 Å². The molecule has 1 N–H and O–H groups in total. The van der Waals surface area contributed by atoms with Crippen LogP contribution in [-0.2, 0) is 13.0 Å². The van der Waals surface area contributed by atoms with Crippen LogP contribution in [0, 0.1) is 5.92 Å². The van der Waals surface area contributed by atoms with Crippen molar-refractivity contribution in [1.82, 2.24) is 15.2 Å². The monoisotopic (exact) mass is 255 g/mol. The van der Waals surface area contributed by atoms with E-state index in [-0.39, 0.29) is 0 Å². The topological polar surface area (TPSA) is 28.2 Å². The first-order valence-corrected chi connectivity index (χ1v) is 7.22.